The van der Waals surface area contributed by atoms with Crippen molar-refractivity contribution < 1.29 is 9.22 Å². The molecule has 0 saturated carbocycles. The first-order valence-electron chi connectivity index (χ1n) is 2.42. The Bertz CT molecular complexity index is 84.2. The summed E-state index contributed by atoms with van der Waals surface area (Å²) >= 11 is 0. The van der Waals surface area contributed by atoms with Gasteiger partial charge in [-0.1, -0.05) is 6.05 Å². The summed E-state index contributed by atoms with van der Waals surface area (Å²) in [7, 11) is 0. The van der Waals surface area contributed by atoms with E-state index in [1.165, 1.54) is 0 Å². The van der Waals surface area contributed by atoms with Crippen LogP contribution >= 0.6 is 0 Å². The Morgan fingerprint density at radius 2 is 3.50 bits per heavy atom. The highest BCUT2D eigenvalue weighted by Crippen LogP contribution is 1.46. The average molecular weight is 61.1 g/mol. The molecule has 0 aliphatic heterocycles. The minimum Gasteiger partial charge on any atom is -0.392 e. The van der Waals surface area contributed by atoms with Crippen molar-refractivity contribution in [3.05, 3.63) is 12.6 Å². The van der Waals surface area contributed by atoms with Crippen LogP contribution in [-0.2, 0) is 0 Å². The summed E-state index contributed by atoms with van der Waals surface area (Å²) in [5.74, 6) is 0. The van der Waals surface area contributed by atoms with Gasteiger partial charge in [-0.15, -0.1) is 6.53 Å². The van der Waals surface area contributed by atoms with E-state index < -0.39 is 13.1 Å². The number of aliphatic hydroxyl groups excluding tert-OH is 1. The molecule has 0 aromatic heterocycles. The number of aliphatic hydroxyl groups is 1. The maximum Gasteiger partial charge on any atom is 0.0609 e. The Balaban J connectivity index is 3.72. The molecule has 0 amide bonds. The van der Waals surface area contributed by atoms with E-state index in [-0.39, 0.29) is 6.05 Å². The first kappa shape index (κ1) is 0.830. The fourth-order valence-electron chi connectivity index (χ4n) is 0. The van der Waals surface area contributed by atoms with E-state index in [4.69, 9.17) is 9.22 Å². The number of hydrogen-bond acceptors (Lipinski definition) is 1. The standard InChI is InChI=1S/C3H6O/c1-2-3-4/h2,4H,1,3H2/i1D2,2D. The molecule has 0 unspecified atom stereocenters. The molecule has 0 radical (unpaired) electrons. The van der Waals surface area contributed by atoms with Crippen LogP contribution in [0.2, 0.25) is 0 Å². The molecular formula is C3H6O. The summed E-state index contributed by atoms with van der Waals surface area (Å²) in [6.07, 6.45) is 0. The lowest BCUT2D eigenvalue weighted by Crippen LogP contribution is -1.62. The van der Waals surface area contributed by atoms with Crippen molar-refractivity contribution in [3.8, 4) is 0 Å². The molecule has 0 bridgehead atoms. The van der Waals surface area contributed by atoms with Crippen molar-refractivity contribution in [2.24, 2.45) is 0 Å². The molecule has 1 N–H and O–H groups in total. The largest absolute Gasteiger partial charge is 0.392 e. The van der Waals surface area contributed by atoms with E-state index >= 15 is 0 Å². The fraction of sp³-hybridized carbons (Fsp3) is 0.333. The lowest BCUT2D eigenvalue weighted by atomic mass is 10.7. The van der Waals surface area contributed by atoms with E-state index in [2.05, 4.69) is 0 Å². The normalized spacial score (nSPS) is 15.8. The van der Waals surface area contributed by atoms with Crippen LogP contribution in [0.1, 0.15) is 4.11 Å². The number of rotatable bonds is 1. The molecule has 0 rings (SSSR count). The Kier molecular flexibility index (Phi) is 0.560. The van der Waals surface area contributed by atoms with E-state index in [9.17, 15) is 0 Å². The molecule has 0 atom stereocenters. The topological polar surface area (TPSA) is 20.2 Å². The van der Waals surface area contributed by atoms with E-state index in [0.717, 1.165) is 0 Å². The third kappa shape index (κ3) is 1.70. The second-order valence-electron chi connectivity index (χ2n) is 0.335. The Hall–Kier alpha value is -0.300. The first-order valence-corrected chi connectivity index (χ1v) is 0.920. The van der Waals surface area contributed by atoms with Gasteiger partial charge in [0.05, 0.1) is 10.7 Å². The molecule has 0 heterocycles. The van der Waals surface area contributed by atoms with Gasteiger partial charge < -0.3 is 5.11 Å². The van der Waals surface area contributed by atoms with Gasteiger partial charge in [0, 0.05) is 0 Å². The van der Waals surface area contributed by atoms with Gasteiger partial charge in [0.25, 0.3) is 0 Å². The second-order valence-corrected chi connectivity index (χ2v) is 0.335. The minimum absolute atomic E-state index is 0.347. The lowest BCUT2D eigenvalue weighted by Gasteiger charge is -1.60. The highest BCUT2D eigenvalue weighted by molar-refractivity contribution is 4.60. The minimum atomic E-state index is -0.623. The predicted molar refractivity (Wildman–Crippen MR) is 17.3 cm³/mol. The molecule has 1 nitrogen and oxygen atoms in total. The molecule has 0 fully saturated rings. The average Bonchev–Trinajstić information content (AvgIpc) is 1.65. The summed E-state index contributed by atoms with van der Waals surface area (Å²) in [6.45, 7) is -1.13. The fourth-order valence-corrected chi connectivity index (χ4v) is 0. The molecule has 0 spiro atoms. The van der Waals surface area contributed by atoms with Gasteiger partial charge in [-0.3, -0.25) is 0 Å². The van der Waals surface area contributed by atoms with Crippen molar-refractivity contribution >= 4 is 0 Å². The van der Waals surface area contributed by atoms with Gasteiger partial charge in [-0.05, 0) is 0 Å². The molecule has 0 aromatic carbocycles. The maximum absolute atomic E-state index is 8.02. The van der Waals surface area contributed by atoms with Gasteiger partial charge in [-0.2, -0.15) is 0 Å². The molecule has 0 aromatic rings. The molecule has 0 aliphatic carbocycles. The van der Waals surface area contributed by atoms with Gasteiger partial charge >= 0.3 is 0 Å². The molecule has 1 heteroatoms. The highest BCUT2D eigenvalue weighted by Gasteiger charge is 1.45. The van der Waals surface area contributed by atoms with Crippen LogP contribution in [-0.4, -0.2) is 11.7 Å². The Morgan fingerprint density at radius 1 is 2.75 bits per heavy atom. The number of hydrogen-bond donors (Lipinski definition) is 1. The zero-order valence-corrected chi connectivity index (χ0v) is 2.15. The summed E-state index contributed by atoms with van der Waals surface area (Å²) < 4.78 is 19.3. The monoisotopic (exact) mass is 61.1 g/mol. The van der Waals surface area contributed by atoms with Gasteiger partial charge in [0.2, 0.25) is 0 Å². The van der Waals surface area contributed by atoms with Gasteiger partial charge in [0.1, 0.15) is 0 Å². The quantitative estimate of drug-likeness (QED) is 0.428. The van der Waals surface area contributed by atoms with Crippen molar-refractivity contribution in [1.29, 1.82) is 0 Å². The Morgan fingerprint density at radius 3 is 3.50 bits per heavy atom. The lowest BCUT2D eigenvalue weighted by molar-refractivity contribution is 0.343. The van der Waals surface area contributed by atoms with Crippen LogP contribution in [0.5, 0.6) is 0 Å². The van der Waals surface area contributed by atoms with E-state index in [1.807, 2.05) is 0 Å². The van der Waals surface area contributed by atoms with Crippen LogP contribution in [0.3, 0.4) is 0 Å². The SMILES string of the molecule is [2H]C([2H])=C([2H])CO. The van der Waals surface area contributed by atoms with Crippen LogP contribution < -0.4 is 0 Å². The summed E-state index contributed by atoms with van der Waals surface area (Å²) in [5, 5.41) is 8.02. The second kappa shape index (κ2) is 2.70. The van der Waals surface area contributed by atoms with Gasteiger partial charge in [0.15, 0.2) is 0 Å². The molecule has 24 valence electrons. The van der Waals surface area contributed by atoms with Gasteiger partial charge in [-0.25, -0.2) is 0 Å². The summed E-state index contributed by atoms with van der Waals surface area (Å²) in [6, 6.07) is -0.347. The van der Waals surface area contributed by atoms with Crippen LogP contribution in [0.4, 0.5) is 0 Å². The van der Waals surface area contributed by atoms with Crippen LogP contribution in [0, 0.1) is 0 Å². The molecular weight excluding hydrogens is 52.0 g/mol. The first-order chi connectivity index (χ1) is 3.18. The third-order valence-electron chi connectivity index (χ3n) is 0.0791. The van der Waals surface area contributed by atoms with Crippen molar-refractivity contribution in [2.75, 3.05) is 6.61 Å². The summed E-state index contributed by atoms with van der Waals surface area (Å²) in [4.78, 5) is 0. The zero-order chi connectivity index (χ0) is 5.86. The third-order valence-corrected chi connectivity index (χ3v) is 0.0791. The van der Waals surface area contributed by atoms with Crippen LogP contribution in [0.25, 0.3) is 0 Å². The van der Waals surface area contributed by atoms with Crippen LogP contribution in [0.15, 0.2) is 12.6 Å². The zero-order valence-electron chi connectivity index (χ0n) is 5.15. The smallest absolute Gasteiger partial charge is 0.0609 e. The van der Waals surface area contributed by atoms with E-state index in [0.29, 0.717) is 0 Å². The maximum atomic E-state index is 8.02. The van der Waals surface area contributed by atoms with Crippen molar-refractivity contribution in [1.82, 2.24) is 0 Å². The predicted octanol–water partition coefficient (Wildman–Crippen LogP) is 0.165. The molecule has 0 aliphatic rings. The molecule has 0 saturated heterocycles. The van der Waals surface area contributed by atoms with Crippen molar-refractivity contribution in [3.63, 3.8) is 0 Å². The molecule has 4 heavy (non-hydrogen) atoms. The highest BCUT2D eigenvalue weighted by atomic mass is 16.2. The Labute approximate surface area is 29.8 Å². The van der Waals surface area contributed by atoms with E-state index in [1.54, 1.807) is 0 Å². The van der Waals surface area contributed by atoms with Crippen molar-refractivity contribution in [2.45, 2.75) is 0 Å². The summed E-state index contributed by atoms with van der Waals surface area (Å²) in [5.41, 5.74) is 0.